The lowest BCUT2D eigenvalue weighted by Crippen LogP contribution is -2.38. The minimum atomic E-state index is -0.265. The van der Waals surface area contributed by atoms with Gasteiger partial charge in [-0.1, -0.05) is 24.3 Å². The van der Waals surface area contributed by atoms with Crippen LogP contribution < -0.4 is 10.6 Å². The normalized spacial score (nSPS) is 18.1. The molecule has 3 nitrogen and oxygen atoms in total. The molecule has 2 amide bonds. The van der Waals surface area contributed by atoms with Gasteiger partial charge in [0.1, 0.15) is 5.82 Å². The third-order valence-corrected chi connectivity index (χ3v) is 3.30. The number of allylic oxidation sites excluding steroid dienone is 2. The van der Waals surface area contributed by atoms with E-state index in [1.807, 2.05) is 0 Å². The number of nitrogens with one attached hydrogen (secondary N) is 2. The van der Waals surface area contributed by atoms with Gasteiger partial charge in [0.05, 0.1) is 0 Å². The van der Waals surface area contributed by atoms with Crippen molar-refractivity contribution in [3.63, 3.8) is 0 Å². The summed E-state index contributed by atoms with van der Waals surface area (Å²) in [6.07, 6.45) is 7.63. The predicted molar refractivity (Wildman–Crippen MR) is 73.1 cm³/mol. The standard InChI is InChI=1S/C15H19FN2O/c16-14-8-6-13(7-9-14)11-18-15(19)17-10-12-4-2-1-3-5-12/h1-2,6-9,12H,3-5,10-11H2,(H2,17,18,19)/t12-/m0/s1. The predicted octanol–water partition coefficient (Wildman–Crippen LogP) is 2.98. The molecule has 2 rings (SSSR count). The minimum absolute atomic E-state index is 0.168. The summed E-state index contributed by atoms with van der Waals surface area (Å²) in [7, 11) is 0. The third kappa shape index (κ3) is 4.73. The summed E-state index contributed by atoms with van der Waals surface area (Å²) in [6, 6.07) is 5.95. The first-order valence-electron chi connectivity index (χ1n) is 6.65. The molecule has 2 N–H and O–H groups in total. The lowest BCUT2D eigenvalue weighted by atomic mass is 9.94. The largest absolute Gasteiger partial charge is 0.338 e. The number of carbonyl (C=O) groups is 1. The molecule has 1 atom stereocenters. The van der Waals surface area contributed by atoms with Gasteiger partial charge >= 0.3 is 6.03 Å². The number of halogens is 1. The summed E-state index contributed by atoms with van der Waals surface area (Å²) in [5, 5.41) is 5.64. The fraction of sp³-hybridized carbons (Fsp3) is 0.400. The molecule has 0 fully saturated rings. The van der Waals surface area contributed by atoms with Crippen molar-refractivity contribution >= 4 is 6.03 Å². The second-order valence-electron chi connectivity index (χ2n) is 4.84. The molecule has 0 aliphatic heterocycles. The average Bonchev–Trinajstić information content (AvgIpc) is 2.45. The Morgan fingerprint density at radius 2 is 2.00 bits per heavy atom. The maximum atomic E-state index is 12.7. The molecule has 4 heteroatoms. The smallest absolute Gasteiger partial charge is 0.315 e. The Morgan fingerprint density at radius 1 is 1.21 bits per heavy atom. The molecule has 1 aliphatic rings. The number of urea groups is 1. The second-order valence-corrected chi connectivity index (χ2v) is 4.84. The van der Waals surface area contributed by atoms with Crippen molar-refractivity contribution in [3.05, 3.63) is 47.8 Å². The average molecular weight is 262 g/mol. The van der Waals surface area contributed by atoms with Gasteiger partial charge in [0.15, 0.2) is 0 Å². The van der Waals surface area contributed by atoms with E-state index in [-0.39, 0.29) is 11.8 Å². The van der Waals surface area contributed by atoms with Crippen LogP contribution >= 0.6 is 0 Å². The molecule has 1 aromatic carbocycles. The first-order chi connectivity index (χ1) is 9.24. The molecule has 1 aromatic rings. The highest BCUT2D eigenvalue weighted by Crippen LogP contribution is 2.16. The highest BCUT2D eigenvalue weighted by molar-refractivity contribution is 5.73. The van der Waals surface area contributed by atoms with E-state index in [0.29, 0.717) is 19.0 Å². The zero-order valence-corrected chi connectivity index (χ0v) is 10.9. The molecule has 0 saturated heterocycles. The maximum absolute atomic E-state index is 12.7. The molecule has 0 heterocycles. The zero-order chi connectivity index (χ0) is 13.5. The Bertz CT molecular complexity index is 442. The SMILES string of the molecule is O=C(NCc1ccc(F)cc1)NC[C@H]1CC=CCC1. The van der Waals surface area contributed by atoms with Gasteiger partial charge in [-0.2, -0.15) is 0 Å². The summed E-state index contributed by atoms with van der Waals surface area (Å²) in [5.74, 6) is 0.278. The third-order valence-electron chi connectivity index (χ3n) is 3.30. The van der Waals surface area contributed by atoms with Gasteiger partial charge in [-0.25, -0.2) is 9.18 Å². The Labute approximate surface area is 112 Å². The van der Waals surface area contributed by atoms with Gasteiger partial charge in [-0.05, 0) is 42.9 Å². The van der Waals surface area contributed by atoms with Crippen LogP contribution in [-0.4, -0.2) is 12.6 Å². The molecule has 1 aliphatic carbocycles. The van der Waals surface area contributed by atoms with E-state index < -0.39 is 0 Å². The van der Waals surface area contributed by atoms with Crippen molar-refractivity contribution in [2.45, 2.75) is 25.8 Å². The molecular weight excluding hydrogens is 243 g/mol. The van der Waals surface area contributed by atoms with Gasteiger partial charge in [0, 0.05) is 13.1 Å². The van der Waals surface area contributed by atoms with Gasteiger partial charge < -0.3 is 10.6 Å². The molecule has 0 unspecified atom stereocenters. The molecule has 0 radical (unpaired) electrons. The number of benzene rings is 1. The quantitative estimate of drug-likeness (QED) is 0.805. The van der Waals surface area contributed by atoms with E-state index in [1.54, 1.807) is 12.1 Å². The molecule has 102 valence electrons. The van der Waals surface area contributed by atoms with E-state index in [2.05, 4.69) is 22.8 Å². The molecule has 0 saturated carbocycles. The van der Waals surface area contributed by atoms with Gasteiger partial charge in [0.2, 0.25) is 0 Å². The zero-order valence-electron chi connectivity index (χ0n) is 10.9. The van der Waals surface area contributed by atoms with Gasteiger partial charge in [0.25, 0.3) is 0 Å². The minimum Gasteiger partial charge on any atom is -0.338 e. The Kier molecular flexibility index (Phi) is 4.95. The number of amides is 2. The fourth-order valence-electron chi connectivity index (χ4n) is 2.13. The Hall–Kier alpha value is -1.84. The van der Waals surface area contributed by atoms with E-state index in [1.165, 1.54) is 12.1 Å². The van der Waals surface area contributed by atoms with E-state index >= 15 is 0 Å². The molecule has 0 bridgehead atoms. The number of hydrogen-bond acceptors (Lipinski definition) is 1. The van der Waals surface area contributed by atoms with Crippen molar-refractivity contribution < 1.29 is 9.18 Å². The van der Waals surface area contributed by atoms with Crippen LogP contribution in [0, 0.1) is 11.7 Å². The van der Waals surface area contributed by atoms with Crippen LogP contribution in [0.25, 0.3) is 0 Å². The summed E-state index contributed by atoms with van der Waals surface area (Å²) < 4.78 is 12.7. The first kappa shape index (κ1) is 13.6. The maximum Gasteiger partial charge on any atom is 0.315 e. The topological polar surface area (TPSA) is 41.1 Å². The van der Waals surface area contributed by atoms with Crippen LogP contribution in [0.4, 0.5) is 9.18 Å². The van der Waals surface area contributed by atoms with Crippen molar-refractivity contribution in [2.75, 3.05) is 6.54 Å². The number of hydrogen-bond donors (Lipinski definition) is 2. The molecule has 0 spiro atoms. The van der Waals surface area contributed by atoms with Crippen LogP contribution in [-0.2, 0) is 6.54 Å². The first-order valence-corrected chi connectivity index (χ1v) is 6.65. The van der Waals surface area contributed by atoms with Crippen LogP contribution in [0.15, 0.2) is 36.4 Å². The van der Waals surface area contributed by atoms with Crippen LogP contribution in [0.3, 0.4) is 0 Å². The molecular formula is C15H19FN2O. The number of carbonyl (C=O) groups excluding carboxylic acids is 1. The highest BCUT2D eigenvalue weighted by atomic mass is 19.1. The van der Waals surface area contributed by atoms with Crippen molar-refractivity contribution in [1.29, 1.82) is 0 Å². The highest BCUT2D eigenvalue weighted by Gasteiger charge is 2.10. The lowest BCUT2D eigenvalue weighted by Gasteiger charge is -2.18. The van der Waals surface area contributed by atoms with E-state index in [0.717, 1.165) is 24.8 Å². The molecule has 19 heavy (non-hydrogen) atoms. The molecule has 0 aromatic heterocycles. The van der Waals surface area contributed by atoms with Crippen LogP contribution in [0.1, 0.15) is 24.8 Å². The summed E-state index contributed by atoms with van der Waals surface area (Å²) in [5.41, 5.74) is 0.886. The van der Waals surface area contributed by atoms with Crippen molar-refractivity contribution in [3.8, 4) is 0 Å². The monoisotopic (exact) mass is 262 g/mol. The summed E-state index contributed by atoms with van der Waals surface area (Å²) >= 11 is 0. The summed E-state index contributed by atoms with van der Waals surface area (Å²) in [6.45, 7) is 1.12. The second kappa shape index (κ2) is 6.92. The van der Waals surface area contributed by atoms with Crippen molar-refractivity contribution in [2.24, 2.45) is 5.92 Å². The Balaban J connectivity index is 1.66. The van der Waals surface area contributed by atoms with Crippen LogP contribution in [0.5, 0.6) is 0 Å². The van der Waals surface area contributed by atoms with Crippen LogP contribution in [0.2, 0.25) is 0 Å². The van der Waals surface area contributed by atoms with Gasteiger partial charge in [-0.3, -0.25) is 0 Å². The lowest BCUT2D eigenvalue weighted by molar-refractivity contribution is 0.238. The van der Waals surface area contributed by atoms with E-state index in [4.69, 9.17) is 0 Å². The van der Waals surface area contributed by atoms with E-state index in [9.17, 15) is 9.18 Å². The fourth-order valence-corrected chi connectivity index (χ4v) is 2.13. The number of rotatable bonds is 4. The summed E-state index contributed by atoms with van der Waals surface area (Å²) in [4.78, 5) is 11.6. The Morgan fingerprint density at radius 3 is 2.68 bits per heavy atom. The van der Waals surface area contributed by atoms with Crippen molar-refractivity contribution in [1.82, 2.24) is 10.6 Å². The van der Waals surface area contributed by atoms with Gasteiger partial charge in [-0.15, -0.1) is 0 Å².